The highest BCUT2D eigenvalue weighted by atomic mass is 16.5. The van der Waals surface area contributed by atoms with E-state index in [2.05, 4.69) is 20.6 Å². The molecule has 2 aromatic heterocycles. The molecule has 2 heterocycles. The summed E-state index contributed by atoms with van der Waals surface area (Å²) in [5.74, 6) is 0.662. The number of aromatic nitrogens is 6. The number of aryl methyl sites for hydroxylation is 2. The first-order valence-electron chi connectivity index (χ1n) is 7.05. The quantitative estimate of drug-likeness (QED) is 0.703. The van der Waals surface area contributed by atoms with Gasteiger partial charge in [0.15, 0.2) is 0 Å². The maximum absolute atomic E-state index is 12.0. The smallest absolute Gasteiger partial charge is 0.368 e. The van der Waals surface area contributed by atoms with Crippen LogP contribution in [0.1, 0.15) is 12.5 Å². The summed E-state index contributed by atoms with van der Waals surface area (Å²) in [6, 6.07) is 5.53. The maximum atomic E-state index is 12.0. The van der Waals surface area contributed by atoms with Gasteiger partial charge in [-0.25, -0.2) is 4.79 Å². The molecule has 3 rings (SSSR count). The zero-order chi connectivity index (χ0) is 16.4. The van der Waals surface area contributed by atoms with E-state index in [1.165, 1.54) is 19.4 Å². The second-order valence-corrected chi connectivity index (χ2v) is 4.68. The second-order valence-electron chi connectivity index (χ2n) is 4.68. The van der Waals surface area contributed by atoms with E-state index >= 15 is 0 Å². The van der Waals surface area contributed by atoms with E-state index < -0.39 is 0 Å². The predicted molar refractivity (Wildman–Crippen MR) is 77.7 cm³/mol. The molecule has 0 radical (unpaired) electrons. The van der Waals surface area contributed by atoms with Crippen LogP contribution in [0, 0.1) is 6.92 Å². The van der Waals surface area contributed by atoms with Crippen molar-refractivity contribution in [3.63, 3.8) is 0 Å². The number of rotatable bonds is 4. The Labute approximate surface area is 127 Å². The molecule has 0 saturated carbocycles. The molecule has 8 heteroatoms. The van der Waals surface area contributed by atoms with E-state index in [1.54, 1.807) is 18.2 Å². The Morgan fingerprint density at radius 1 is 1.27 bits per heavy atom. The fourth-order valence-corrected chi connectivity index (χ4v) is 1.92. The molecule has 3 aromatic rings. The molecule has 112 valence electrons. The summed E-state index contributed by atoms with van der Waals surface area (Å²) in [7, 11) is 1.52. The minimum atomic E-state index is -0.381. The molecule has 8 nitrogen and oxygen atoms in total. The molecule has 0 aliphatic rings. The van der Waals surface area contributed by atoms with Gasteiger partial charge in [-0.3, -0.25) is 0 Å². The second kappa shape index (κ2) is 5.76. The first-order chi connectivity index (χ1) is 11.1. The molecule has 0 aliphatic heterocycles. The molecule has 0 unspecified atom stereocenters. The van der Waals surface area contributed by atoms with Crippen molar-refractivity contribution < 1.29 is 6.11 Å². The SMILES string of the molecule is [3H]c1ccc(OCc2cnncc2-n2nnn(C)c2=O)c(C)c1. The zero-order valence-electron chi connectivity index (χ0n) is 13.1. The molecule has 0 saturated heterocycles. The van der Waals surface area contributed by atoms with Crippen LogP contribution in [0.4, 0.5) is 0 Å². The molecule has 0 N–H and O–H groups in total. The number of nitrogens with zero attached hydrogens (tertiary/aromatic N) is 6. The Hall–Kier alpha value is -3.03. The maximum Gasteiger partial charge on any atom is 0.368 e. The van der Waals surface area contributed by atoms with Gasteiger partial charge in [0.2, 0.25) is 0 Å². The Balaban J connectivity index is 1.89. The summed E-state index contributed by atoms with van der Waals surface area (Å²) in [4.78, 5) is 12.0. The lowest BCUT2D eigenvalue weighted by molar-refractivity contribution is 0.302. The molecule has 0 aliphatic carbocycles. The highest BCUT2D eigenvalue weighted by Gasteiger charge is 2.12. The van der Waals surface area contributed by atoms with Gasteiger partial charge >= 0.3 is 5.69 Å². The summed E-state index contributed by atoms with van der Waals surface area (Å²) in [6.45, 7) is 2.05. The lowest BCUT2D eigenvalue weighted by atomic mass is 10.2. The van der Waals surface area contributed by atoms with Gasteiger partial charge in [0.25, 0.3) is 0 Å². The topological polar surface area (TPSA) is 87.7 Å². The van der Waals surface area contributed by atoms with Crippen LogP contribution in [0.25, 0.3) is 5.69 Å². The average molecular weight is 300 g/mol. The van der Waals surface area contributed by atoms with Gasteiger partial charge in [-0.15, -0.1) is 0 Å². The van der Waals surface area contributed by atoms with Crippen LogP contribution in [-0.2, 0) is 13.7 Å². The third-order valence-electron chi connectivity index (χ3n) is 3.14. The van der Waals surface area contributed by atoms with Gasteiger partial charge in [-0.2, -0.15) is 19.6 Å². The predicted octanol–water partition coefficient (Wildman–Crippen LogP) is 0.643. The highest BCUT2D eigenvalue weighted by molar-refractivity contribution is 5.36. The van der Waals surface area contributed by atoms with Crippen molar-refractivity contribution in [1.29, 1.82) is 0 Å². The number of benzene rings is 1. The molecule has 0 atom stereocenters. The first kappa shape index (κ1) is 12.7. The standard InChI is InChI=1S/C14H14N6O2/c1-10-5-3-4-6-13(10)22-9-11-7-15-16-8-12(11)20-14(21)19(2)17-18-20/h3-8H,9H2,1-2H3/i3T. The molecule has 22 heavy (non-hydrogen) atoms. The Morgan fingerprint density at radius 2 is 2.09 bits per heavy atom. The van der Waals surface area contributed by atoms with Gasteiger partial charge in [-0.05, 0) is 29.0 Å². The molecule has 1 aromatic carbocycles. The van der Waals surface area contributed by atoms with Gasteiger partial charge in [-0.1, -0.05) is 18.2 Å². The van der Waals surface area contributed by atoms with E-state index in [1.807, 2.05) is 6.92 Å². The summed E-state index contributed by atoms with van der Waals surface area (Å²) in [5, 5.41) is 15.1. The summed E-state index contributed by atoms with van der Waals surface area (Å²) < 4.78 is 15.6. The number of para-hydroxylation sites is 1. The third-order valence-corrected chi connectivity index (χ3v) is 3.14. The highest BCUT2D eigenvalue weighted by Crippen LogP contribution is 2.19. The Kier molecular flexibility index (Phi) is 3.32. The summed E-state index contributed by atoms with van der Waals surface area (Å²) in [6.07, 6.45) is 2.96. The van der Waals surface area contributed by atoms with E-state index in [4.69, 9.17) is 6.11 Å². The number of hydrogen-bond donors (Lipinski definition) is 0. The lowest BCUT2D eigenvalue weighted by Gasteiger charge is -2.10. The van der Waals surface area contributed by atoms with Crippen molar-refractivity contribution in [3.8, 4) is 11.4 Å². The molecular formula is C14H14N6O2. The van der Waals surface area contributed by atoms with E-state index in [9.17, 15) is 4.79 Å². The third kappa shape index (κ3) is 2.58. The van der Waals surface area contributed by atoms with Crippen molar-refractivity contribution in [2.24, 2.45) is 7.05 Å². The van der Waals surface area contributed by atoms with Crippen molar-refractivity contribution in [2.75, 3.05) is 0 Å². The fraction of sp³-hybridized carbons (Fsp3) is 0.214. The summed E-state index contributed by atoms with van der Waals surface area (Å²) in [5.41, 5.74) is 1.59. The van der Waals surface area contributed by atoms with Gasteiger partial charge < -0.3 is 4.74 Å². The van der Waals surface area contributed by atoms with Crippen LogP contribution in [0.2, 0.25) is 0 Å². The minimum absolute atomic E-state index is 0.187. The van der Waals surface area contributed by atoms with Gasteiger partial charge in [0, 0.05) is 12.6 Å². The van der Waals surface area contributed by atoms with Crippen molar-refractivity contribution in [1.82, 2.24) is 30.0 Å². The van der Waals surface area contributed by atoms with Crippen LogP contribution >= 0.6 is 0 Å². The van der Waals surface area contributed by atoms with Gasteiger partial charge in [0.1, 0.15) is 18.0 Å². The molecule has 0 amide bonds. The zero-order valence-corrected chi connectivity index (χ0v) is 12.1. The average Bonchev–Trinajstić information content (AvgIpc) is 2.86. The Bertz CT molecular complexity index is 904. The molecular weight excluding hydrogens is 284 g/mol. The van der Waals surface area contributed by atoms with Crippen LogP contribution in [0.5, 0.6) is 5.75 Å². The van der Waals surface area contributed by atoms with E-state index in [-0.39, 0.29) is 12.3 Å². The Morgan fingerprint density at radius 3 is 2.82 bits per heavy atom. The normalized spacial score (nSPS) is 11.3. The van der Waals surface area contributed by atoms with Crippen LogP contribution in [0.15, 0.2) is 41.4 Å². The molecule has 0 spiro atoms. The van der Waals surface area contributed by atoms with Crippen molar-refractivity contribution in [3.05, 3.63) is 58.2 Å². The van der Waals surface area contributed by atoms with Gasteiger partial charge in [0.05, 0.1) is 13.8 Å². The number of tetrazole rings is 1. The number of ether oxygens (including phenoxy) is 1. The van der Waals surface area contributed by atoms with Crippen molar-refractivity contribution in [2.45, 2.75) is 13.5 Å². The monoisotopic (exact) mass is 300 g/mol. The van der Waals surface area contributed by atoms with E-state index in [0.717, 1.165) is 14.9 Å². The fourth-order valence-electron chi connectivity index (χ4n) is 1.92. The van der Waals surface area contributed by atoms with E-state index in [0.29, 0.717) is 23.0 Å². The van der Waals surface area contributed by atoms with Crippen LogP contribution < -0.4 is 10.4 Å². The van der Waals surface area contributed by atoms with Crippen LogP contribution in [0.3, 0.4) is 0 Å². The first-order valence-corrected chi connectivity index (χ1v) is 6.55. The minimum Gasteiger partial charge on any atom is -0.488 e. The summed E-state index contributed by atoms with van der Waals surface area (Å²) >= 11 is 0. The lowest BCUT2D eigenvalue weighted by Crippen LogP contribution is -2.23. The van der Waals surface area contributed by atoms with Crippen molar-refractivity contribution >= 4 is 0 Å². The largest absolute Gasteiger partial charge is 0.488 e. The molecule has 0 fully saturated rings. The molecule has 0 bridgehead atoms. The number of hydrogen-bond acceptors (Lipinski definition) is 6. The van der Waals surface area contributed by atoms with Crippen LogP contribution in [-0.4, -0.2) is 30.0 Å².